The minimum Gasteiger partial charge on any atom is -0.465 e. The predicted molar refractivity (Wildman–Crippen MR) is 137 cm³/mol. The van der Waals surface area contributed by atoms with Gasteiger partial charge < -0.3 is 10.1 Å². The Morgan fingerprint density at radius 1 is 0.943 bits per heavy atom. The summed E-state index contributed by atoms with van der Waals surface area (Å²) in [4.78, 5) is 24.7. The van der Waals surface area contributed by atoms with E-state index >= 15 is 0 Å². The van der Waals surface area contributed by atoms with Crippen LogP contribution in [-0.4, -0.2) is 33.9 Å². The highest BCUT2D eigenvalue weighted by Crippen LogP contribution is 2.35. The van der Waals surface area contributed by atoms with E-state index in [1.54, 1.807) is 18.2 Å². The minimum absolute atomic E-state index is 0.00921. The number of sulfonamides is 1. The van der Waals surface area contributed by atoms with Gasteiger partial charge in [-0.25, -0.2) is 13.2 Å². The Kier molecular flexibility index (Phi) is 7.28. The molecular formula is C24H19Cl3N2O5S. The van der Waals surface area contributed by atoms with Crippen molar-refractivity contribution < 1.29 is 22.7 Å². The second-order valence-electron chi connectivity index (χ2n) is 7.74. The molecule has 0 fully saturated rings. The predicted octanol–water partition coefficient (Wildman–Crippen LogP) is 5.83. The summed E-state index contributed by atoms with van der Waals surface area (Å²) in [5, 5.41) is 3.22. The molecule has 0 unspecified atom stereocenters. The Morgan fingerprint density at radius 2 is 1.71 bits per heavy atom. The molecule has 11 heteroatoms. The van der Waals surface area contributed by atoms with Crippen molar-refractivity contribution in [1.29, 1.82) is 0 Å². The lowest BCUT2D eigenvalue weighted by atomic mass is 10.0. The molecule has 3 aromatic rings. The smallest absolute Gasteiger partial charge is 0.339 e. The number of rotatable bonds is 5. The number of hydrogen-bond donors (Lipinski definition) is 1. The van der Waals surface area contributed by atoms with E-state index < -0.39 is 21.9 Å². The maximum absolute atomic E-state index is 13.4. The number of nitrogens with zero attached hydrogens (tertiary/aromatic N) is 1. The van der Waals surface area contributed by atoms with E-state index in [2.05, 4.69) is 10.1 Å². The first-order valence-corrected chi connectivity index (χ1v) is 13.0. The Bertz CT molecular complexity index is 1440. The van der Waals surface area contributed by atoms with Gasteiger partial charge in [0.1, 0.15) is 0 Å². The number of halogens is 3. The number of benzene rings is 3. The first kappa shape index (κ1) is 25.3. The van der Waals surface area contributed by atoms with Crippen LogP contribution in [0.2, 0.25) is 15.1 Å². The summed E-state index contributed by atoms with van der Waals surface area (Å²) in [6.45, 7) is 0.255. The van der Waals surface area contributed by atoms with Crippen molar-refractivity contribution in [2.45, 2.75) is 17.7 Å². The fourth-order valence-corrected chi connectivity index (χ4v) is 5.95. The molecule has 1 amide bonds. The molecule has 7 nitrogen and oxygen atoms in total. The Balaban J connectivity index is 1.64. The molecule has 0 saturated carbocycles. The van der Waals surface area contributed by atoms with Gasteiger partial charge in [0.2, 0.25) is 0 Å². The summed E-state index contributed by atoms with van der Waals surface area (Å²) in [7, 11) is -2.69. The maximum Gasteiger partial charge on any atom is 0.339 e. The second kappa shape index (κ2) is 10.1. The van der Waals surface area contributed by atoms with Gasteiger partial charge in [-0.1, -0.05) is 40.9 Å². The molecule has 1 N–H and O–H groups in total. The molecule has 0 saturated heterocycles. The summed E-state index contributed by atoms with van der Waals surface area (Å²) in [6, 6.07) is 13.5. The Hall–Kier alpha value is -2.78. The molecule has 1 aliphatic rings. The van der Waals surface area contributed by atoms with E-state index in [0.29, 0.717) is 24.2 Å². The van der Waals surface area contributed by atoms with Gasteiger partial charge in [-0.15, -0.1) is 0 Å². The van der Waals surface area contributed by atoms with Gasteiger partial charge >= 0.3 is 5.97 Å². The number of hydrogen-bond acceptors (Lipinski definition) is 5. The van der Waals surface area contributed by atoms with Crippen LogP contribution in [0, 0.1) is 0 Å². The number of nitrogens with one attached hydrogen (secondary N) is 1. The SMILES string of the molecule is COC(=O)c1ccc(NC(=O)c2ccc3c(c2)N(S(=O)(=O)c2ccc(Cl)c(Cl)c2)CCC3)cc1Cl. The van der Waals surface area contributed by atoms with Crippen LogP contribution in [0.25, 0.3) is 0 Å². The number of methoxy groups -OCH3 is 1. The molecule has 0 aliphatic carbocycles. The largest absolute Gasteiger partial charge is 0.465 e. The molecule has 0 radical (unpaired) electrons. The molecule has 1 aliphatic heterocycles. The molecule has 0 spiro atoms. The van der Waals surface area contributed by atoms with Gasteiger partial charge in [-0.3, -0.25) is 9.10 Å². The molecule has 1 heterocycles. The molecule has 0 bridgehead atoms. The molecule has 4 rings (SSSR count). The quantitative estimate of drug-likeness (QED) is 0.402. The molecule has 0 aromatic heterocycles. The third kappa shape index (κ3) is 5.11. The lowest BCUT2D eigenvalue weighted by Crippen LogP contribution is -2.35. The number of carbonyl (C=O) groups is 2. The van der Waals surface area contributed by atoms with Crippen molar-refractivity contribution in [3.63, 3.8) is 0 Å². The summed E-state index contributed by atoms with van der Waals surface area (Å²) < 4.78 is 32.8. The van der Waals surface area contributed by atoms with Gasteiger partial charge in [0, 0.05) is 17.8 Å². The minimum atomic E-state index is -3.94. The van der Waals surface area contributed by atoms with Crippen molar-refractivity contribution in [2.24, 2.45) is 0 Å². The number of ether oxygens (including phenoxy) is 1. The molecular weight excluding hydrogens is 535 g/mol. The maximum atomic E-state index is 13.4. The van der Waals surface area contributed by atoms with Gasteiger partial charge in [0.05, 0.1) is 38.3 Å². The zero-order valence-corrected chi connectivity index (χ0v) is 21.4. The van der Waals surface area contributed by atoms with Crippen LogP contribution >= 0.6 is 34.8 Å². The van der Waals surface area contributed by atoms with Crippen molar-refractivity contribution in [3.05, 3.63) is 86.4 Å². The summed E-state index contributed by atoms with van der Waals surface area (Å²) in [6.07, 6.45) is 1.30. The number of anilines is 2. The van der Waals surface area contributed by atoms with E-state index in [1.165, 1.54) is 47.8 Å². The highest BCUT2D eigenvalue weighted by Gasteiger charge is 2.30. The fraction of sp³-hybridized carbons (Fsp3) is 0.167. The van der Waals surface area contributed by atoms with Gasteiger partial charge in [0.15, 0.2) is 0 Å². The zero-order chi connectivity index (χ0) is 25.3. The van der Waals surface area contributed by atoms with Crippen LogP contribution < -0.4 is 9.62 Å². The summed E-state index contributed by atoms with van der Waals surface area (Å²) in [5.74, 6) is -1.06. The molecule has 35 heavy (non-hydrogen) atoms. The average molecular weight is 554 g/mol. The number of amides is 1. The zero-order valence-electron chi connectivity index (χ0n) is 18.3. The topological polar surface area (TPSA) is 92.8 Å². The van der Waals surface area contributed by atoms with E-state index in [-0.39, 0.29) is 37.6 Å². The van der Waals surface area contributed by atoms with Gasteiger partial charge in [-0.2, -0.15) is 0 Å². The van der Waals surface area contributed by atoms with Crippen LogP contribution in [0.15, 0.2) is 59.5 Å². The third-order valence-electron chi connectivity index (χ3n) is 5.53. The first-order chi connectivity index (χ1) is 16.6. The number of fused-ring (bicyclic) bond motifs is 1. The van der Waals surface area contributed by atoms with Crippen LogP contribution in [0.4, 0.5) is 11.4 Å². The van der Waals surface area contributed by atoms with Crippen LogP contribution in [0.3, 0.4) is 0 Å². The van der Waals surface area contributed by atoms with Crippen molar-refractivity contribution >= 4 is 68.1 Å². The Morgan fingerprint density at radius 3 is 2.40 bits per heavy atom. The highest BCUT2D eigenvalue weighted by molar-refractivity contribution is 7.92. The van der Waals surface area contributed by atoms with Crippen LogP contribution in [0.5, 0.6) is 0 Å². The molecule has 0 atom stereocenters. The number of esters is 1. The Labute approximate surface area is 217 Å². The normalized spacial score (nSPS) is 13.2. The van der Waals surface area contributed by atoms with Crippen molar-refractivity contribution in [1.82, 2.24) is 0 Å². The van der Waals surface area contributed by atoms with Gasteiger partial charge in [-0.05, 0) is 66.9 Å². The van der Waals surface area contributed by atoms with Crippen molar-refractivity contribution in [3.8, 4) is 0 Å². The monoisotopic (exact) mass is 552 g/mol. The van der Waals surface area contributed by atoms with E-state index in [9.17, 15) is 18.0 Å². The summed E-state index contributed by atoms with van der Waals surface area (Å²) >= 11 is 18.1. The fourth-order valence-electron chi connectivity index (χ4n) is 3.77. The summed E-state index contributed by atoms with van der Waals surface area (Å²) in [5.41, 5.74) is 2.03. The molecule has 182 valence electrons. The highest BCUT2D eigenvalue weighted by atomic mass is 35.5. The standard InChI is InChI=1S/C24H19Cl3N2O5S/c1-34-24(31)18-8-6-16(12-20(18)26)28-23(30)15-5-4-14-3-2-10-29(22(14)11-15)35(32,33)17-7-9-19(25)21(27)13-17/h4-9,11-13H,2-3,10H2,1H3,(H,28,30). The van der Waals surface area contributed by atoms with Crippen LogP contribution in [-0.2, 0) is 21.2 Å². The van der Waals surface area contributed by atoms with E-state index in [4.69, 9.17) is 34.8 Å². The number of aryl methyl sites for hydroxylation is 1. The lowest BCUT2D eigenvalue weighted by Gasteiger charge is -2.31. The molecule has 3 aromatic carbocycles. The average Bonchev–Trinajstić information content (AvgIpc) is 2.84. The van der Waals surface area contributed by atoms with E-state index in [0.717, 1.165) is 5.56 Å². The van der Waals surface area contributed by atoms with E-state index in [1.807, 2.05) is 0 Å². The van der Waals surface area contributed by atoms with Crippen molar-refractivity contribution in [2.75, 3.05) is 23.3 Å². The number of carbonyl (C=O) groups excluding carboxylic acids is 2. The second-order valence-corrected chi connectivity index (χ2v) is 10.8. The first-order valence-electron chi connectivity index (χ1n) is 10.4. The third-order valence-corrected chi connectivity index (χ3v) is 8.40. The van der Waals surface area contributed by atoms with Gasteiger partial charge in [0.25, 0.3) is 15.9 Å². The lowest BCUT2D eigenvalue weighted by molar-refractivity contribution is 0.0601. The van der Waals surface area contributed by atoms with Crippen LogP contribution in [0.1, 0.15) is 32.7 Å².